The predicted molar refractivity (Wildman–Crippen MR) is 58.1 cm³/mol. The van der Waals surface area contributed by atoms with Gasteiger partial charge in [-0.15, -0.1) is 0 Å². The van der Waals surface area contributed by atoms with Gasteiger partial charge in [0.05, 0.1) is 12.0 Å². The van der Waals surface area contributed by atoms with Crippen molar-refractivity contribution in [2.45, 2.75) is 12.5 Å². The van der Waals surface area contributed by atoms with Gasteiger partial charge < -0.3 is 14.9 Å². The van der Waals surface area contributed by atoms with Gasteiger partial charge >= 0.3 is 0 Å². The number of rotatable bonds is 4. The molecule has 16 heavy (non-hydrogen) atoms. The summed E-state index contributed by atoms with van der Waals surface area (Å²) in [5, 5.41) is 11.7. The van der Waals surface area contributed by atoms with Gasteiger partial charge in [0, 0.05) is 17.1 Å². The number of fused-ring (bicyclic) bond motifs is 1. The van der Waals surface area contributed by atoms with E-state index >= 15 is 0 Å². The summed E-state index contributed by atoms with van der Waals surface area (Å²) in [6.45, 7) is 0. The number of carboxylic acid groups (broad SMARTS) is 1. The van der Waals surface area contributed by atoms with Gasteiger partial charge in [0.25, 0.3) is 0 Å². The van der Waals surface area contributed by atoms with Crippen LogP contribution in [0.25, 0.3) is 10.9 Å². The molecule has 5 heteroatoms. The molecule has 4 N–H and O–H groups in total. The van der Waals surface area contributed by atoms with Crippen LogP contribution >= 0.6 is 0 Å². The Morgan fingerprint density at radius 2 is 2.25 bits per heavy atom. The lowest BCUT2D eigenvalue weighted by Crippen LogP contribution is -2.49. The van der Waals surface area contributed by atoms with E-state index in [1.54, 1.807) is 6.20 Å². The Kier molecular flexibility index (Phi) is 2.89. The summed E-state index contributed by atoms with van der Waals surface area (Å²) in [7, 11) is 0. The lowest BCUT2D eigenvalue weighted by Gasteiger charge is -2.15. The minimum Gasteiger partial charge on any atom is -0.548 e. The Labute approximate surface area is 92.2 Å². The van der Waals surface area contributed by atoms with Crippen molar-refractivity contribution in [3.63, 3.8) is 0 Å². The maximum Gasteiger partial charge on any atom is 0.0646 e. The molecule has 0 saturated carbocycles. The first kappa shape index (κ1) is 10.7. The number of aliphatic carboxylic acids is 1. The number of nitrogens with one attached hydrogen (secondary N) is 2. The molecule has 2 rings (SSSR count). The fourth-order valence-electron chi connectivity index (χ4n) is 1.73. The van der Waals surface area contributed by atoms with E-state index in [-0.39, 0.29) is 0 Å². The number of hydrogen-bond acceptors (Lipinski definition) is 4. The van der Waals surface area contributed by atoms with E-state index in [4.69, 9.17) is 5.84 Å². The first-order valence-electron chi connectivity index (χ1n) is 4.94. The van der Waals surface area contributed by atoms with Gasteiger partial charge in [-0.1, -0.05) is 18.2 Å². The van der Waals surface area contributed by atoms with Gasteiger partial charge in [-0.25, -0.2) is 0 Å². The van der Waals surface area contributed by atoms with Crippen LogP contribution in [-0.2, 0) is 11.2 Å². The van der Waals surface area contributed by atoms with Gasteiger partial charge in [0.1, 0.15) is 0 Å². The second-order valence-electron chi connectivity index (χ2n) is 3.60. The summed E-state index contributed by atoms with van der Waals surface area (Å²) >= 11 is 0. The largest absolute Gasteiger partial charge is 0.548 e. The van der Waals surface area contributed by atoms with Crippen LogP contribution in [0.15, 0.2) is 30.5 Å². The molecule has 1 aromatic heterocycles. The third-order valence-electron chi connectivity index (χ3n) is 2.58. The van der Waals surface area contributed by atoms with Crippen LogP contribution in [0, 0.1) is 0 Å². The molecule has 0 amide bonds. The molecule has 1 atom stereocenters. The number of hydrazine groups is 1. The third-order valence-corrected chi connectivity index (χ3v) is 2.58. The molecule has 0 saturated heterocycles. The van der Waals surface area contributed by atoms with Gasteiger partial charge in [-0.05, 0) is 18.1 Å². The van der Waals surface area contributed by atoms with E-state index in [0.717, 1.165) is 16.5 Å². The first-order chi connectivity index (χ1) is 7.72. The van der Waals surface area contributed by atoms with Crippen molar-refractivity contribution in [2.24, 2.45) is 5.84 Å². The number of nitrogens with two attached hydrogens (primary N) is 1. The van der Waals surface area contributed by atoms with Crippen molar-refractivity contribution in [3.05, 3.63) is 36.0 Å². The van der Waals surface area contributed by atoms with E-state index in [2.05, 4.69) is 10.4 Å². The van der Waals surface area contributed by atoms with Gasteiger partial charge in [0.15, 0.2) is 0 Å². The van der Waals surface area contributed by atoms with Crippen LogP contribution in [0.4, 0.5) is 0 Å². The van der Waals surface area contributed by atoms with Gasteiger partial charge in [-0.2, -0.15) is 0 Å². The predicted octanol–water partition coefficient (Wildman–Crippen LogP) is -0.708. The fourth-order valence-corrected chi connectivity index (χ4v) is 1.73. The van der Waals surface area contributed by atoms with Crippen molar-refractivity contribution in [1.82, 2.24) is 10.4 Å². The lowest BCUT2D eigenvalue weighted by molar-refractivity contribution is -0.308. The normalized spacial score (nSPS) is 12.8. The second-order valence-corrected chi connectivity index (χ2v) is 3.60. The third kappa shape index (κ3) is 1.91. The molecule has 0 radical (unpaired) electrons. The Morgan fingerprint density at radius 1 is 1.50 bits per heavy atom. The van der Waals surface area contributed by atoms with E-state index in [1.807, 2.05) is 24.3 Å². The summed E-state index contributed by atoms with van der Waals surface area (Å²) in [5.41, 5.74) is 4.11. The van der Waals surface area contributed by atoms with Crippen molar-refractivity contribution in [1.29, 1.82) is 0 Å². The van der Waals surface area contributed by atoms with Crippen LogP contribution in [0.3, 0.4) is 0 Å². The van der Waals surface area contributed by atoms with Gasteiger partial charge in [-0.3, -0.25) is 11.3 Å². The summed E-state index contributed by atoms with van der Waals surface area (Å²) in [5.74, 6) is 3.95. The molecule has 0 fully saturated rings. The average Bonchev–Trinajstić information content (AvgIpc) is 2.69. The minimum absolute atomic E-state index is 0.294. The monoisotopic (exact) mass is 218 g/mol. The quantitative estimate of drug-likeness (QED) is 0.467. The van der Waals surface area contributed by atoms with Crippen molar-refractivity contribution < 1.29 is 9.90 Å². The molecular formula is C11H12N3O2-. The molecule has 5 nitrogen and oxygen atoms in total. The molecule has 0 bridgehead atoms. The second kappa shape index (κ2) is 4.34. The summed E-state index contributed by atoms with van der Waals surface area (Å²) in [6, 6.07) is 6.82. The Morgan fingerprint density at radius 3 is 2.94 bits per heavy atom. The summed E-state index contributed by atoms with van der Waals surface area (Å²) < 4.78 is 0. The number of carbonyl (C=O) groups is 1. The highest BCUT2D eigenvalue weighted by Crippen LogP contribution is 2.18. The van der Waals surface area contributed by atoms with E-state index < -0.39 is 12.0 Å². The highest BCUT2D eigenvalue weighted by molar-refractivity contribution is 5.84. The first-order valence-corrected chi connectivity index (χ1v) is 4.94. The number of carboxylic acids is 1. The van der Waals surface area contributed by atoms with E-state index in [1.165, 1.54) is 0 Å². The summed E-state index contributed by atoms with van der Waals surface area (Å²) in [4.78, 5) is 13.8. The Hall–Kier alpha value is -1.85. The maximum atomic E-state index is 10.7. The molecule has 1 heterocycles. The molecule has 84 valence electrons. The molecule has 1 aromatic carbocycles. The number of aromatic nitrogens is 1. The number of hydrogen-bond donors (Lipinski definition) is 3. The van der Waals surface area contributed by atoms with Crippen molar-refractivity contribution in [3.8, 4) is 0 Å². The zero-order valence-electron chi connectivity index (χ0n) is 8.57. The molecular weight excluding hydrogens is 206 g/mol. The minimum atomic E-state index is -1.20. The number of para-hydroxylation sites is 1. The van der Waals surface area contributed by atoms with Crippen LogP contribution in [0.1, 0.15) is 5.56 Å². The van der Waals surface area contributed by atoms with Crippen LogP contribution in [0.5, 0.6) is 0 Å². The van der Waals surface area contributed by atoms with Crippen molar-refractivity contribution >= 4 is 16.9 Å². The lowest BCUT2D eigenvalue weighted by atomic mass is 10.1. The SMILES string of the molecule is NNC(Cc1c[nH]c2ccccc12)C(=O)[O-]. The average molecular weight is 218 g/mol. The van der Waals surface area contributed by atoms with Crippen LogP contribution in [-0.4, -0.2) is 17.0 Å². The zero-order valence-corrected chi connectivity index (χ0v) is 8.57. The number of carbonyl (C=O) groups excluding carboxylic acids is 1. The Balaban J connectivity index is 2.30. The molecule has 1 unspecified atom stereocenters. The Bertz CT molecular complexity index is 507. The standard InChI is InChI=1S/C11H13N3O2/c12-14-10(11(15)16)5-7-6-13-9-4-2-1-3-8(7)9/h1-4,6,10,13-14H,5,12H2,(H,15,16)/p-1. The van der Waals surface area contributed by atoms with E-state index in [0.29, 0.717) is 6.42 Å². The molecule has 0 aliphatic heterocycles. The van der Waals surface area contributed by atoms with Gasteiger partial charge in [0.2, 0.25) is 0 Å². The maximum absolute atomic E-state index is 10.7. The smallest absolute Gasteiger partial charge is 0.0646 e. The fraction of sp³-hybridized carbons (Fsp3) is 0.182. The van der Waals surface area contributed by atoms with Crippen molar-refractivity contribution in [2.75, 3.05) is 0 Å². The van der Waals surface area contributed by atoms with E-state index in [9.17, 15) is 9.90 Å². The summed E-state index contributed by atoms with van der Waals surface area (Å²) in [6.07, 6.45) is 2.08. The molecule has 0 spiro atoms. The number of benzene rings is 1. The number of aromatic amines is 1. The topological polar surface area (TPSA) is 94.0 Å². The van der Waals surface area contributed by atoms with Crippen LogP contribution < -0.4 is 16.4 Å². The highest BCUT2D eigenvalue weighted by atomic mass is 16.4. The molecule has 0 aliphatic carbocycles. The highest BCUT2D eigenvalue weighted by Gasteiger charge is 2.11. The molecule has 2 aromatic rings. The van der Waals surface area contributed by atoms with Crippen LogP contribution in [0.2, 0.25) is 0 Å². The molecule has 0 aliphatic rings. The number of H-pyrrole nitrogens is 1. The zero-order chi connectivity index (χ0) is 11.5.